The van der Waals surface area contributed by atoms with E-state index in [2.05, 4.69) is 0 Å². The molecule has 0 aliphatic carbocycles. The van der Waals surface area contributed by atoms with E-state index in [1.807, 2.05) is 0 Å². The fourth-order valence-corrected chi connectivity index (χ4v) is 0.692. The van der Waals surface area contributed by atoms with Gasteiger partial charge < -0.3 is 0 Å². The first-order chi connectivity index (χ1) is 5.99. The number of rotatable bonds is 4. The minimum atomic E-state index is -2.64. The number of allylic oxidation sites excluding steroid dienone is 3. The maximum Gasteiger partial charge on any atom is 0.265 e. The zero-order valence-electron chi connectivity index (χ0n) is 7.46. The van der Waals surface area contributed by atoms with Gasteiger partial charge in [0.05, 0.1) is 4.92 Å². The molecule has 0 rings (SSSR count). The molecule has 0 aromatic heterocycles. The summed E-state index contributed by atoms with van der Waals surface area (Å²) in [6.45, 7) is 2.87. The van der Waals surface area contributed by atoms with E-state index in [4.69, 9.17) is 0 Å². The van der Waals surface area contributed by atoms with E-state index in [1.165, 1.54) is 6.08 Å². The molecule has 0 radical (unpaired) electrons. The molecule has 0 aromatic carbocycles. The van der Waals surface area contributed by atoms with Crippen LogP contribution in [0.1, 0.15) is 20.3 Å². The van der Waals surface area contributed by atoms with E-state index in [0.29, 0.717) is 6.42 Å². The Bertz CT molecular complexity index is 247. The van der Waals surface area contributed by atoms with Crippen LogP contribution in [0.4, 0.5) is 8.78 Å². The highest BCUT2D eigenvalue weighted by Crippen LogP contribution is 2.11. The first kappa shape index (κ1) is 11.7. The quantitative estimate of drug-likeness (QED) is 0.389. The van der Waals surface area contributed by atoms with E-state index in [-0.39, 0.29) is 11.3 Å². The number of nitro groups is 1. The van der Waals surface area contributed by atoms with Crippen molar-refractivity contribution in [2.45, 2.75) is 26.7 Å². The molecule has 0 N–H and O–H groups in total. The summed E-state index contributed by atoms with van der Waals surface area (Å²) in [4.78, 5) is 9.62. The largest absolute Gasteiger partial charge is 0.265 e. The smallest absolute Gasteiger partial charge is 0.258 e. The molecule has 0 bridgehead atoms. The second-order valence-electron chi connectivity index (χ2n) is 2.48. The highest BCUT2D eigenvalue weighted by Gasteiger charge is 2.11. The number of halogens is 2. The minimum Gasteiger partial charge on any atom is -0.258 e. The molecule has 0 saturated carbocycles. The summed E-state index contributed by atoms with van der Waals surface area (Å²) in [5.74, 6) is 0. The maximum absolute atomic E-state index is 12.0. The van der Waals surface area contributed by atoms with E-state index >= 15 is 0 Å². The van der Waals surface area contributed by atoms with Crippen molar-refractivity contribution in [3.05, 3.63) is 33.5 Å². The van der Waals surface area contributed by atoms with Crippen LogP contribution >= 0.6 is 0 Å². The fraction of sp³-hybridized carbons (Fsp3) is 0.500. The monoisotopic (exact) mass is 191 g/mol. The first-order valence-electron chi connectivity index (χ1n) is 3.80. The van der Waals surface area contributed by atoms with Crippen LogP contribution in [0, 0.1) is 10.1 Å². The van der Waals surface area contributed by atoms with Gasteiger partial charge in [-0.05, 0) is 25.0 Å². The minimum absolute atomic E-state index is 0.277. The van der Waals surface area contributed by atoms with Gasteiger partial charge in [-0.15, -0.1) is 0 Å². The lowest BCUT2D eigenvalue weighted by molar-refractivity contribution is -0.419. The van der Waals surface area contributed by atoms with Gasteiger partial charge in [0.15, 0.2) is 0 Å². The molecule has 74 valence electrons. The van der Waals surface area contributed by atoms with Gasteiger partial charge in [-0.2, -0.15) is 0 Å². The zero-order chi connectivity index (χ0) is 10.4. The number of hydrogen-bond acceptors (Lipinski definition) is 2. The maximum atomic E-state index is 12.0. The fourth-order valence-electron chi connectivity index (χ4n) is 0.692. The van der Waals surface area contributed by atoms with Crippen molar-refractivity contribution in [1.29, 1.82) is 0 Å². The summed E-state index contributed by atoms with van der Waals surface area (Å²) in [6.07, 6.45) is 0.00354. The van der Waals surface area contributed by atoms with Gasteiger partial charge in [-0.1, -0.05) is 6.92 Å². The molecule has 0 heterocycles. The lowest BCUT2D eigenvalue weighted by Gasteiger charge is -1.96. The van der Waals surface area contributed by atoms with Crippen LogP contribution < -0.4 is 0 Å². The van der Waals surface area contributed by atoms with Gasteiger partial charge >= 0.3 is 0 Å². The molecular formula is C8H11F2NO2. The van der Waals surface area contributed by atoms with Crippen LogP contribution in [0.25, 0.3) is 0 Å². The van der Waals surface area contributed by atoms with E-state index in [1.54, 1.807) is 6.92 Å². The van der Waals surface area contributed by atoms with E-state index in [9.17, 15) is 18.9 Å². The predicted octanol–water partition coefficient (Wildman–Crippen LogP) is 2.77. The Kier molecular flexibility index (Phi) is 4.87. The third-order valence-corrected chi connectivity index (χ3v) is 1.34. The molecule has 0 atom stereocenters. The highest BCUT2D eigenvalue weighted by molar-refractivity contribution is 5.17. The van der Waals surface area contributed by atoms with Gasteiger partial charge in [0.25, 0.3) is 12.1 Å². The summed E-state index contributed by atoms with van der Waals surface area (Å²) in [5, 5.41) is 10.3. The molecule has 0 aliphatic rings. The molecule has 0 saturated heterocycles. The first-order valence-corrected chi connectivity index (χ1v) is 3.80. The molecule has 0 aliphatic heterocycles. The molecule has 3 nitrogen and oxygen atoms in total. The van der Waals surface area contributed by atoms with Crippen molar-refractivity contribution < 1.29 is 13.7 Å². The summed E-state index contributed by atoms with van der Waals surface area (Å²) < 4.78 is 23.9. The Balaban J connectivity index is 4.70. The lowest BCUT2D eigenvalue weighted by atomic mass is 10.2. The third kappa shape index (κ3) is 4.35. The average Bonchev–Trinajstić information content (AvgIpc) is 2.03. The van der Waals surface area contributed by atoms with Gasteiger partial charge in [0, 0.05) is 6.08 Å². The molecule has 0 fully saturated rings. The van der Waals surface area contributed by atoms with Gasteiger partial charge in [-0.3, -0.25) is 10.1 Å². The van der Waals surface area contributed by atoms with Crippen LogP contribution in [-0.4, -0.2) is 11.3 Å². The van der Waals surface area contributed by atoms with Crippen molar-refractivity contribution >= 4 is 0 Å². The summed E-state index contributed by atoms with van der Waals surface area (Å²) >= 11 is 0. The van der Waals surface area contributed by atoms with Crippen molar-refractivity contribution in [3.63, 3.8) is 0 Å². The highest BCUT2D eigenvalue weighted by atomic mass is 19.3. The number of alkyl halides is 2. The molecule has 13 heavy (non-hydrogen) atoms. The Morgan fingerprint density at radius 1 is 1.62 bits per heavy atom. The number of hydrogen-bond donors (Lipinski definition) is 0. The normalized spacial score (nSPS) is 13.6. The zero-order valence-corrected chi connectivity index (χ0v) is 7.46. The molecule has 0 unspecified atom stereocenters. The van der Waals surface area contributed by atoms with Gasteiger partial charge in [0.2, 0.25) is 0 Å². The average molecular weight is 191 g/mol. The van der Waals surface area contributed by atoms with Crippen molar-refractivity contribution in [1.82, 2.24) is 0 Å². The molecule has 5 heteroatoms. The third-order valence-electron chi connectivity index (χ3n) is 1.34. The molecule has 0 amide bonds. The lowest BCUT2D eigenvalue weighted by Crippen LogP contribution is -1.99. The second kappa shape index (κ2) is 5.40. The van der Waals surface area contributed by atoms with Crippen LogP contribution in [0.2, 0.25) is 0 Å². The second-order valence-corrected chi connectivity index (χ2v) is 2.48. The van der Waals surface area contributed by atoms with Crippen LogP contribution in [0.3, 0.4) is 0 Å². The topological polar surface area (TPSA) is 43.1 Å². The van der Waals surface area contributed by atoms with Crippen LogP contribution in [0.15, 0.2) is 23.4 Å². The Hall–Kier alpha value is -1.26. The molecule has 0 aromatic rings. The Morgan fingerprint density at radius 3 is 2.46 bits per heavy atom. The van der Waals surface area contributed by atoms with E-state index < -0.39 is 11.3 Å². The van der Waals surface area contributed by atoms with Crippen molar-refractivity contribution in [2.75, 3.05) is 0 Å². The van der Waals surface area contributed by atoms with Crippen molar-refractivity contribution in [2.24, 2.45) is 0 Å². The number of nitrogens with zero attached hydrogens (tertiary/aromatic N) is 1. The van der Waals surface area contributed by atoms with Gasteiger partial charge in [0.1, 0.15) is 0 Å². The standard InChI is InChI=1S/C8H11F2NO2/c1-3-4-7(11(12)13)5-6(2)8(9)10/h4-5,8H,3H2,1-2H3/b6-5+,7-4+. The molecular weight excluding hydrogens is 180 g/mol. The van der Waals surface area contributed by atoms with Crippen LogP contribution in [-0.2, 0) is 0 Å². The summed E-state index contributed by atoms with van der Waals surface area (Å²) in [7, 11) is 0. The van der Waals surface area contributed by atoms with Crippen molar-refractivity contribution in [3.8, 4) is 0 Å². The van der Waals surface area contributed by atoms with E-state index in [0.717, 1.165) is 13.0 Å². The van der Waals surface area contributed by atoms with Gasteiger partial charge in [-0.25, -0.2) is 8.78 Å². The predicted molar refractivity (Wildman–Crippen MR) is 45.1 cm³/mol. The molecule has 0 spiro atoms. The summed E-state index contributed by atoms with van der Waals surface area (Å²) in [6, 6.07) is 0. The Morgan fingerprint density at radius 2 is 2.15 bits per heavy atom. The summed E-state index contributed by atoms with van der Waals surface area (Å²) in [5.41, 5.74) is -0.572. The van der Waals surface area contributed by atoms with Crippen LogP contribution in [0.5, 0.6) is 0 Å². The Labute approximate surface area is 74.9 Å². The SMILES string of the molecule is CC/C=C(\C=C(/C)C(F)F)[N+](=O)[O-].